The Morgan fingerprint density at radius 1 is 1.10 bits per heavy atom. The zero-order valence-corrected chi connectivity index (χ0v) is 28.1. The molecule has 16 heteroatoms. The Labute approximate surface area is 291 Å². The average Bonchev–Trinajstić information content (AvgIpc) is 3.41. The van der Waals surface area contributed by atoms with Crippen molar-refractivity contribution in [3.63, 3.8) is 0 Å². The first-order chi connectivity index (χ1) is 24.0. The van der Waals surface area contributed by atoms with Gasteiger partial charge in [-0.15, -0.1) is 11.3 Å². The molecule has 1 aliphatic carbocycles. The first-order valence-electron chi connectivity index (χ1n) is 15.7. The lowest BCUT2D eigenvalue weighted by atomic mass is 10.00. The highest BCUT2D eigenvalue weighted by Crippen LogP contribution is 2.48. The van der Waals surface area contributed by atoms with Gasteiger partial charge in [0.1, 0.15) is 22.3 Å². The predicted molar refractivity (Wildman–Crippen MR) is 183 cm³/mol. The molecular formula is C34H27ClFN9O4S. The summed E-state index contributed by atoms with van der Waals surface area (Å²) < 4.78 is 19.2. The van der Waals surface area contributed by atoms with Gasteiger partial charge in [-0.2, -0.15) is 10.2 Å². The van der Waals surface area contributed by atoms with E-state index in [4.69, 9.17) is 22.3 Å². The number of hydrogen-bond acceptors (Lipinski definition) is 9. The Balaban J connectivity index is 1.05. The predicted octanol–water partition coefficient (Wildman–Crippen LogP) is 4.90. The molecule has 1 saturated heterocycles. The molecule has 2 aromatic carbocycles. The van der Waals surface area contributed by atoms with Crippen LogP contribution in [-0.4, -0.2) is 69.9 Å². The van der Waals surface area contributed by atoms with E-state index >= 15 is 4.39 Å². The van der Waals surface area contributed by atoms with Gasteiger partial charge in [0.25, 0.3) is 5.91 Å². The number of anilines is 1. The second-order valence-electron chi connectivity index (χ2n) is 12.5. The highest BCUT2D eigenvalue weighted by molar-refractivity contribution is 7.22. The fourth-order valence-corrected chi connectivity index (χ4v) is 7.87. The van der Waals surface area contributed by atoms with E-state index < -0.39 is 29.6 Å². The number of aromatic nitrogens is 6. The number of hydrogen-bond donors (Lipinski definition) is 2. The zero-order valence-electron chi connectivity index (χ0n) is 26.6. The monoisotopic (exact) mass is 711 g/mol. The Morgan fingerprint density at radius 2 is 1.92 bits per heavy atom. The molecule has 4 aromatic heterocycles. The van der Waals surface area contributed by atoms with Crippen molar-refractivity contribution in [3.05, 3.63) is 82.6 Å². The molecule has 2 aliphatic rings. The molecule has 50 heavy (non-hydrogen) atoms. The number of primary amides is 1. The van der Waals surface area contributed by atoms with E-state index in [0.717, 1.165) is 12.1 Å². The topological polar surface area (TPSA) is 170 Å². The minimum Gasteiger partial charge on any atom is -0.364 e. The Hall–Kier alpha value is -5.54. The first-order valence-corrected chi connectivity index (χ1v) is 16.9. The largest absolute Gasteiger partial charge is 0.364 e. The van der Waals surface area contributed by atoms with Gasteiger partial charge in [-0.25, -0.2) is 23.6 Å². The molecule has 3 N–H and O–H groups in total. The van der Waals surface area contributed by atoms with Gasteiger partial charge >= 0.3 is 0 Å². The highest BCUT2D eigenvalue weighted by Gasteiger charge is 2.56. The fourth-order valence-electron chi connectivity index (χ4n) is 6.62. The number of carbonyl (C=O) groups is 4. The number of fused-ring (bicyclic) bond motifs is 3. The average molecular weight is 712 g/mol. The van der Waals surface area contributed by atoms with Gasteiger partial charge in [0.2, 0.25) is 11.8 Å². The number of Topliss-reactive ketones (excluding diaryl/α,β-unsaturated/α-hetero) is 1. The van der Waals surface area contributed by atoms with Crippen molar-refractivity contribution in [2.75, 3.05) is 5.32 Å². The van der Waals surface area contributed by atoms with Gasteiger partial charge in [-0.05, 0) is 56.9 Å². The van der Waals surface area contributed by atoms with Crippen LogP contribution in [-0.2, 0) is 16.1 Å². The summed E-state index contributed by atoms with van der Waals surface area (Å²) in [6, 6.07) is 9.94. The summed E-state index contributed by atoms with van der Waals surface area (Å²) in [7, 11) is 0. The molecule has 0 spiro atoms. The normalized spacial score (nSPS) is 18.1. The van der Waals surface area contributed by atoms with Crippen LogP contribution in [0.15, 0.2) is 54.9 Å². The first kappa shape index (κ1) is 31.7. The summed E-state index contributed by atoms with van der Waals surface area (Å²) in [5.41, 5.74) is 8.76. The van der Waals surface area contributed by atoms with Crippen LogP contribution in [0.4, 0.5) is 10.1 Å². The third kappa shape index (κ3) is 5.38. The quantitative estimate of drug-likeness (QED) is 0.210. The van der Waals surface area contributed by atoms with Crippen LogP contribution in [0.5, 0.6) is 0 Å². The SMILES string of the molecule is CC(=O)c1ccc(Cl)c(-c2cccc(NC(=O)[C@@H]3C[C@H]4CC4N3C(=O)Cn3nc(C(N)=O)c4sc(-c5cnc6cc(C)nn6c5)nc43)c2F)c1. The van der Waals surface area contributed by atoms with Crippen molar-refractivity contribution in [2.45, 2.75) is 45.3 Å². The summed E-state index contributed by atoms with van der Waals surface area (Å²) in [5.74, 6) is -2.50. The molecule has 0 radical (unpaired) electrons. The second-order valence-corrected chi connectivity index (χ2v) is 13.9. The van der Waals surface area contributed by atoms with Crippen LogP contribution in [0, 0.1) is 18.7 Å². The van der Waals surface area contributed by atoms with Crippen LogP contribution < -0.4 is 11.1 Å². The summed E-state index contributed by atoms with van der Waals surface area (Å²) in [4.78, 5) is 62.5. The fraction of sp³-hybridized carbons (Fsp3) is 0.235. The Bertz CT molecular complexity index is 2440. The lowest BCUT2D eigenvalue weighted by Gasteiger charge is -2.27. The van der Waals surface area contributed by atoms with Gasteiger partial charge in [-0.1, -0.05) is 23.7 Å². The van der Waals surface area contributed by atoms with Gasteiger partial charge in [0, 0.05) is 51.8 Å². The Kier molecular flexibility index (Phi) is 7.49. The molecule has 1 unspecified atom stereocenters. The molecule has 2 fully saturated rings. The van der Waals surface area contributed by atoms with Crippen molar-refractivity contribution in [3.8, 4) is 21.7 Å². The van der Waals surface area contributed by atoms with E-state index in [-0.39, 0.29) is 46.3 Å². The van der Waals surface area contributed by atoms with E-state index in [2.05, 4.69) is 20.5 Å². The number of ketones is 1. The number of aryl methyl sites for hydroxylation is 1. The van der Waals surface area contributed by atoms with Crippen LogP contribution in [0.3, 0.4) is 0 Å². The smallest absolute Gasteiger partial charge is 0.270 e. The standard InChI is InChI=1S/C34H27ClFN9O4S/c1-15-8-26-38-12-19(13-43(26)41-15)34-40-32-30(50-34)29(31(37)48)42-44(32)14-27(47)45-24-10-18(24)11-25(45)33(49)39-23-5-3-4-20(28(23)36)21-9-17(16(2)46)6-7-22(21)35/h3-9,12-13,18,24-25H,10-11,14H2,1-2H3,(H2,37,48)(H,39,49)/t18-,24?,25+/m1/s1. The minimum atomic E-state index is -0.859. The van der Waals surface area contributed by atoms with E-state index in [9.17, 15) is 19.2 Å². The number of rotatable bonds is 8. The number of nitrogens with two attached hydrogens (primary N) is 1. The number of halogens is 2. The summed E-state index contributed by atoms with van der Waals surface area (Å²) >= 11 is 7.56. The van der Waals surface area contributed by atoms with Crippen molar-refractivity contribution in [1.82, 2.24) is 34.3 Å². The van der Waals surface area contributed by atoms with Crippen LogP contribution in [0.25, 0.3) is 37.7 Å². The van der Waals surface area contributed by atoms with Crippen molar-refractivity contribution in [1.29, 1.82) is 0 Å². The second kappa shape index (κ2) is 11.8. The maximum Gasteiger partial charge on any atom is 0.270 e. The number of thiazole rings is 1. The van der Waals surface area contributed by atoms with E-state index in [1.807, 2.05) is 13.0 Å². The van der Waals surface area contributed by atoms with Crippen LogP contribution in [0.2, 0.25) is 5.02 Å². The molecule has 5 heterocycles. The number of likely N-dealkylation sites (tertiary alicyclic amines) is 1. The zero-order chi connectivity index (χ0) is 35.0. The number of amides is 3. The van der Waals surface area contributed by atoms with E-state index in [1.54, 1.807) is 29.0 Å². The molecule has 13 nitrogen and oxygen atoms in total. The van der Waals surface area contributed by atoms with Crippen molar-refractivity contribution < 1.29 is 23.6 Å². The van der Waals surface area contributed by atoms with E-state index in [0.29, 0.717) is 44.1 Å². The Morgan fingerprint density at radius 3 is 2.70 bits per heavy atom. The summed E-state index contributed by atoms with van der Waals surface area (Å²) in [6.07, 6.45) is 4.59. The van der Waals surface area contributed by atoms with Crippen molar-refractivity contribution in [2.24, 2.45) is 11.7 Å². The maximum absolute atomic E-state index is 15.9. The minimum absolute atomic E-state index is 0.0233. The van der Waals surface area contributed by atoms with Gasteiger partial charge in [0.15, 0.2) is 28.6 Å². The lowest BCUT2D eigenvalue weighted by molar-refractivity contribution is -0.138. The molecule has 3 atom stereocenters. The number of benzene rings is 2. The summed E-state index contributed by atoms with van der Waals surface area (Å²) in [6.45, 7) is 2.96. The lowest BCUT2D eigenvalue weighted by Crippen LogP contribution is -2.46. The van der Waals surface area contributed by atoms with Crippen LogP contribution in [0.1, 0.15) is 46.3 Å². The number of nitrogens with one attached hydrogen (secondary N) is 1. The number of nitrogens with zero attached hydrogens (tertiary/aromatic N) is 7. The molecule has 8 rings (SSSR count). The molecule has 1 aliphatic heterocycles. The van der Waals surface area contributed by atoms with Gasteiger partial charge in [0.05, 0.1) is 11.4 Å². The molecule has 252 valence electrons. The summed E-state index contributed by atoms with van der Waals surface area (Å²) in [5, 5.41) is 12.2. The maximum atomic E-state index is 15.9. The highest BCUT2D eigenvalue weighted by atomic mass is 35.5. The van der Waals surface area contributed by atoms with Crippen LogP contribution >= 0.6 is 22.9 Å². The third-order valence-electron chi connectivity index (χ3n) is 9.11. The third-order valence-corrected chi connectivity index (χ3v) is 10.5. The van der Waals surface area contributed by atoms with E-state index in [1.165, 1.54) is 52.1 Å². The van der Waals surface area contributed by atoms with Crippen molar-refractivity contribution >= 4 is 68.1 Å². The molecule has 1 saturated carbocycles. The number of piperidine rings is 1. The molecular weight excluding hydrogens is 685 g/mol. The number of carbonyl (C=O) groups excluding carboxylic acids is 4. The molecule has 6 aromatic rings. The molecule has 0 bridgehead atoms. The van der Waals surface area contributed by atoms with Gasteiger partial charge in [-0.3, -0.25) is 19.2 Å². The van der Waals surface area contributed by atoms with Gasteiger partial charge < -0.3 is 16.0 Å². The molecule has 3 amide bonds.